The average Bonchev–Trinajstić information content (AvgIpc) is 3.42. The normalized spacial score (nSPS) is 36.5. The average molecular weight is 365 g/mol. The molecule has 0 N–H and O–H groups in total. The number of carbonyl (C=O) groups is 3. The zero-order valence-electron chi connectivity index (χ0n) is 15.7. The molecule has 1 heterocycles. The number of esters is 1. The van der Waals surface area contributed by atoms with Gasteiger partial charge in [-0.25, -0.2) is 4.79 Å². The molecular formula is C22H23NO4. The highest BCUT2D eigenvalue weighted by atomic mass is 16.5. The summed E-state index contributed by atoms with van der Waals surface area (Å²) < 4.78 is 5.60. The molecule has 2 bridgehead atoms. The van der Waals surface area contributed by atoms with Crippen LogP contribution in [-0.2, 0) is 14.4 Å². The molecule has 5 heteroatoms. The summed E-state index contributed by atoms with van der Waals surface area (Å²) in [5, 5.41) is 0. The third-order valence-electron chi connectivity index (χ3n) is 7.04. The number of carbonyl (C=O) groups excluding carboxylic acids is 3. The van der Waals surface area contributed by atoms with Crippen LogP contribution < -0.4 is 4.74 Å². The number of benzene rings is 1. The molecular weight excluding hydrogens is 342 g/mol. The summed E-state index contributed by atoms with van der Waals surface area (Å²) in [6.45, 7) is 5.34. The van der Waals surface area contributed by atoms with Crippen LogP contribution in [0.5, 0.6) is 5.75 Å². The fourth-order valence-electron chi connectivity index (χ4n) is 5.61. The van der Waals surface area contributed by atoms with E-state index >= 15 is 0 Å². The van der Waals surface area contributed by atoms with Gasteiger partial charge in [0.1, 0.15) is 11.8 Å². The molecule has 1 aromatic rings. The van der Waals surface area contributed by atoms with E-state index in [-0.39, 0.29) is 35.5 Å². The summed E-state index contributed by atoms with van der Waals surface area (Å²) in [7, 11) is 0. The predicted octanol–water partition coefficient (Wildman–Crippen LogP) is 2.65. The predicted molar refractivity (Wildman–Crippen MR) is 97.6 cm³/mol. The number of nitrogens with zero attached hydrogens (tertiary/aromatic N) is 1. The summed E-state index contributed by atoms with van der Waals surface area (Å²) in [6, 6.07) is 4.73. The van der Waals surface area contributed by atoms with Crippen molar-refractivity contribution in [2.45, 2.75) is 33.2 Å². The fourth-order valence-corrected chi connectivity index (χ4v) is 5.61. The molecule has 2 amide bonds. The van der Waals surface area contributed by atoms with Crippen molar-refractivity contribution >= 4 is 17.8 Å². The number of para-hydroxylation sites is 1. The molecule has 5 nitrogen and oxygen atoms in total. The van der Waals surface area contributed by atoms with Crippen LogP contribution in [0.1, 0.15) is 24.5 Å². The first-order chi connectivity index (χ1) is 12.9. The maximum Gasteiger partial charge on any atom is 0.334 e. The van der Waals surface area contributed by atoms with Crippen LogP contribution in [0.4, 0.5) is 0 Å². The molecule has 0 radical (unpaired) electrons. The number of imide groups is 1. The van der Waals surface area contributed by atoms with Crippen LogP contribution in [0, 0.1) is 49.4 Å². The second-order valence-corrected chi connectivity index (χ2v) is 8.52. The van der Waals surface area contributed by atoms with Crippen molar-refractivity contribution in [2.24, 2.45) is 35.5 Å². The molecule has 3 fully saturated rings. The lowest BCUT2D eigenvalue weighted by atomic mass is 9.63. The van der Waals surface area contributed by atoms with Crippen molar-refractivity contribution in [1.82, 2.24) is 4.90 Å². The van der Waals surface area contributed by atoms with Crippen LogP contribution in [0.2, 0.25) is 0 Å². The van der Waals surface area contributed by atoms with E-state index in [1.54, 1.807) is 6.92 Å². The molecule has 4 aliphatic carbocycles. The lowest BCUT2D eigenvalue weighted by molar-refractivity contribution is -0.152. The van der Waals surface area contributed by atoms with E-state index in [1.807, 2.05) is 32.0 Å². The Hall–Kier alpha value is -2.43. The van der Waals surface area contributed by atoms with E-state index in [2.05, 4.69) is 12.2 Å². The third kappa shape index (κ3) is 2.20. The molecule has 1 saturated heterocycles. The van der Waals surface area contributed by atoms with Crippen LogP contribution in [0.3, 0.4) is 0 Å². The largest absolute Gasteiger partial charge is 0.424 e. The highest BCUT2D eigenvalue weighted by molar-refractivity contribution is 6.08. The minimum absolute atomic E-state index is 0.160. The monoisotopic (exact) mass is 365 g/mol. The van der Waals surface area contributed by atoms with Gasteiger partial charge in [-0.05, 0) is 62.0 Å². The van der Waals surface area contributed by atoms with Crippen molar-refractivity contribution in [3.05, 3.63) is 41.5 Å². The number of allylic oxidation sites excluding steroid dienone is 2. The lowest BCUT2D eigenvalue weighted by Crippen LogP contribution is -2.45. The molecule has 7 atom stereocenters. The Bertz CT molecular complexity index is 847. The maximum atomic E-state index is 13.1. The Labute approximate surface area is 158 Å². The molecule has 1 aromatic carbocycles. The van der Waals surface area contributed by atoms with Crippen molar-refractivity contribution in [3.63, 3.8) is 0 Å². The number of aryl methyl sites for hydroxylation is 2. The zero-order valence-corrected chi connectivity index (χ0v) is 15.7. The Morgan fingerprint density at radius 3 is 2.07 bits per heavy atom. The van der Waals surface area contributed by atoms with Crippen molar-refractivity contribution in [3.8, 4) is 5.75 Å². The Kier molecular flexibility index (Phi) is 3.43. The van der Waals surface area contributed by atoms with Gasteiger partial charge in [0, 0.05) is 0 Å². The topological polar surface area (TPSA) is 63.7 Å². The van der Waals surface area contributed by atoms with Gasteiger partial charge in [-0.3, -0.25) is 14.5 Å². The van der Waals surface area contributed by atoms with E-state index in [0.29, 0.717) is 17.6 Å². The Morgan fingerprint density at radius 1 is 1.04 bits per heavy atom. The van der Waals surface area contributed by atoms with Gasteiger partial charge in [0.2, 0.25) is 11.8 Å². The standard InChI is InChI=1S/C22H23NO4/c1-10-5-4-6-11(2)19(10)27-22(26)12(3)23-20(24)17-13-7-8-14(16-9-15(13)16)18(17)21(23)25/h4-8,12-18H,9H2,1-3H3/t12-,13+,14+,15+,16+,17-,18+/m0/s1. The van der Waals surface area contributed by atoms with Gasteiger partial charge in [-0.1, -0.05) is 30.4 Å². The van der Waals surface area contributed by atoms with Gasteiger partial charge in [-0.15, -0.1) is 0 Å². The zero-order chi connectivity index (χ0) is 19.0. The molecule has 0 unspecified atom stereocenters. The molecule has 140 valence electrons. The van der Waals surface area contributed by atoms with E-state index in [1.165, 1.54) is 4.90 Å². The molecule has 6 rings (SSSR count). The van der Waals surface area contributed by atoms with Crippen LogP contribution in [-0.4, -0.2) is 28.7 Å². The van der Waals surface area contributed by atoms with Gasteiger partial charge in [0.05, 0.1) is 11.8 Å². The summed E-state index contributed by atoms with van der Waals surface area (Å²) in [6.07, 6.45) is 5.39. The highest BCUT2D eigenvalue weighted by Crippen LogP contribution is 2.65. The molecule has 0 aromatic heterocycles. The van der Waals surface area contributed by atoms with Crippen LogP contribution in [0.25, 0.3) is 0 Å². The van der Waals surface area contributed by atoms with Crippen molar-refractivity contribution in [1.29, 1.82) is 0 Å². The van der Waals surface area contributed by atoms with E-state index in [0.717, 1.165) is 17.5 Å². The van der Waals surface area contributed by atoms with Gasteiger partial charge in [0.15, 0.2) is 0 Å². The van der Waals surface area contributed by atoms with Crippen LogP contribution in [0.15, 0.2) is 30.4 Å². The lowest BCUT2D eigenvalue weighted by Gasteiger charge is -2.37. The second kappa shape index (κ2) is 5.54. The Balaban J connectivity index is 1.40. The number of ether oxygens (including phenoxy) is 1. The maximum absolute atomic E-state index is 13.1. The SMILES string of the molecule is Cc1cccc(C)c1OC(=O)[C@H](C)N1C(=O)[C@@H]2[C@@H]3C=C[C@H]([C@H]4C[C@H]34)[C@@H]2C1=O. The minimum Gasteiger partial charge on any atom is -0.424 e. The van der Waals surface area contributed by atoms with E-state index in [9.17, 15) is 14.4 Å². The molecule has 2 saturated carbocycles. The number of likely N-dealkylation sites (tertiary alicyclic amines) is 1. The molecule has 27 heavy (non-hydrogen) atoms. The first-order valence-electron chi connectivity index (χ1n) is 9.73. The number of hydrogen-bond acceptors (Lipinski definition) is 4. The first kappa shape index (κ1) is 16.7. The van der Waals surface area contributed by atoms with Gasteiger partial charge in [-0.2, -0.15) is 0 Å². The smallest absolute Gasteiger partial charge is 0.334 e. The molecule has 1 aliphatic heterocycles. The quantitative estimate of drug-likeness (QED) is 0.358. The van der Waals surface area contributed by atoms with E-state index in [4.69, 9.17) is 4.74 Å². The second-order valence-electron chi connectivity index (χ2n) is 8.52. The number of amides is 2. The summed E-state index contributed by atoms with van der Waals surface area (Å²) in [5.74, 6) is 0.415. The summed E-state index contributed by atoms with van der Waals surface area (Å²) in [5.41, 5.74) is 1.70. The van der Waals surface area contributed by atoms with Gasteiger partial charge >= 0.3 is 5.97 Å². The first-order valence-corrected chi connectivity index (χ1v) is 9.73. The summed E-state index contributed by atoms with van der Waals surface area (Å²) in [4.78, 5) is 40.2. The third-order valence-corrected chi connectivity index (χ3v) is 7.04. The highest BCUT2D eigenvalue weighted by Gasteiger charge is 2.67. The summed E-state index contributed by atoms with van der Waals surface area (Å²) >= 11 is 0. The molecule has 0 spiro atoms. The molecule has 5 aliphatic rings. The fraction of sp³-hybridized carbons (Fsp3) is 0.500. The van der Waals surface area contributed by atoms with Gasteiger partial charge < -0.3 is 4.74 Å². The Morgan fingerprint density at radius 2 is 1.56 bits per heavy atom. The van der Waals surface area contributed by atoms with E-state index < -0.39 is 12.0 Å². The van der Waals surface area contributed by atoms with Crippen molar-refractivity contribution in [2.75, 3.05) is 0 Å². The van der Waals surface area contributed by atoms with Crippen molar-refractivity contribution < 1.29 is 19.1 Å². The number of rotatable bonds is 3. The van der Waals surface area contributed by atoms with Crippen LogP contribution >= 0.6 is 0 Å². The van der Waals surface area contributed by atoms with Gasteiger partial charge in [0.25, 0.3) is 0 Å². The minimum atomic E-state index is -0.912. The number of hydrogen-bond donors (Lipinski definition) is 0.